The summed E-state index contributed by atoms with van der Waals surface area (Å²) in [5.41, 5.74) is 1.06. The fraction of sp³-hybridized carbons (Fsp3) is 0.238. The zero-order chi connectivity index (χ0) is 20.8. The molecule has 0 fully saturated rings. The molecule has 0 spiro atoms. The van der Waals surface area contributed by atoms with Gasteiger partial charge in [0.15, 0.2) is 0 Å². The highest BCUT2D eigenvalue weighted by Gasteiger charge is 2.34. The maximum absolute atomic E-state index is 12.2. The number of hydrogen-bond acceptors (Lipinski definition) is 6. The van der Waals surface area contributed by atoms with Crippen LogP contribution in [0.3, 0.4) is 0 Å². The highest BCUT2D eigenvalue weighted by Crippen LogP contribution is 2.21. The molecule has 1 aliphatic heterocycles. The Kier molecular flexibility index (Phi) is 6.23. The van der Waals surface area contributed by atoms with Gasteiger partial charge < -0.3 is 14.8 Å². The van der Waals surface area contributed by atoms with Gasteiger partial charge in [-0.05, 0) is 43.3 Å². The summed E-state index contributed by atoms with van der Waals surface area (Å²) < 4.78 is 10.3. The molecule has 0 radical (unpaired) electrons. The Hall–Kier alpha value is -3.68. The molecule has 1 N–H and O–H groups in total. The van der Waals surface area contributed by atoms with E-state index < -0.39 is 23.7 Å². The van der Waals surface area contributed by atoms with Gasteiger partial charge in [0.25, 0.3) is 17.7 Å². The second-order valence-corrected chi connectivity index (χ2v) is 6.17. The topological polar surface area (TPSA) is 102 Å². The average molecular weight is 396 g/mol. The minimum Gasteiger partial charge on any atom is -0.494 e. The van der Waals surface area contributed by atoms with Crippen molar-refractivity contribution in [1.82, 2.24) is 10.2 Å². The van der Waals surface area contributed by atoms with Crippen LogP contribution in [-0.4, -0.2) is 54.9 Å². The summed E-state index contributed by atoms with van der Waals surface area (Å²) in [6, 6.07) is 13.0. The second kappa shape index (κ2) is 9.01. The van der Waals surface area contributed by atoms with Crippen LogP contribution in [0.25, 0.3) is 0 Å². The number of rotatable bonds is 8. The number of carbonyl (C=O) groups is 4. The SMILES string of the molecule is CCOc1ccc(C(=O)NCC(=O)OCCN2C(=O)c3ccccc3C2=O)cc1. The van der Waals surface area contributed by atoms with Crippen LogP contribution in [0.4, 0.5) is 0 Å². The van der Waals surface area contributed by atoms with Crippen LogP contribution in [0.15, 0.2) is 48.5 Å². The molecule has 0 aliphatic carbocycles. The molecule has 0 aromatic heterocycles. The molecule has 8 heteroatoms. The molecule has 8 nitrogen and oxygen atoms in total. The minimum absolute atomic E-state index is 0.0507. The number of nitrogens with one attached hydrogen (secondary N) is 1. The van der Waals surface area contributed by atoms with Gasteiger partial charge in [-0.3, -0.25) is 24.1 Å². The number of hydrogen-bond donors (Lipinski definition) is 1. The highest BCUT2D eigenvalue weighted by molar-refractivity contribution is 6.21. The van der Waals surface area contributed by atoms with E-state index in [2.05, 4.69) is 5.32 Å². The Bertz CT molecular complexity index is 903. The lowest BCUT2D eigenvalue weighted by Crippen LogP contribution is -2.35. The Morgan fingerprint density at radius 3 is 2.17 bits per heavy atom. The second-order valence-electron chi connectivity index (χ2n) is 6.17. The predicted octanol–water partition coefficient (Wildman–Crippen LogP) is 1.65. The summed E-state index contributed by atoms with van der Waals surface area (Å²) in [6.07, 6.45) is 0. The third kappa shape index (κ3) is 4.60. The molecular weight excluding hydrogens is 376 g/mol. The van der Waals surface area contributed by atoms with Gasteiger partial charge in [0.2, 0.25) is 0 Å². The van der Waals surface area contributed by atoms with Crippen LogP contribution < -0.4 is 10.1 Å². The zero-order valence-corrected chi connectivity index (χ0v) is 15.8. The van der Waals surface area contributed by atoms with E-state index >= 15 is 0 Å². The van der Waals surface area contributed by atoms with E-state index in [0.29, 0.717) is 29.0 Å². The maximum Gasteiger partial charge on any atom is 0.325 e. The zero-order valence-electron chi connectivity index (χ0n) is 15.8. The van der Waals surface area contributed by atoms with Gasteiger partial charge in [-0.25, -0.2) is 0 Å². The van der Waals surface area contributed by atoms with Gasteiger partial charge in [0.1, 0.15) is 18.9 Å². The van der Waals surface area contributed by atoms with Gasteiger partial charge in [-0.2, -0.15) is 0 Å². The lowest BCUT2D eigenvalue weighted by Gasteiger charge is -2.14. The molecule has 2 aromatic rings. The first-order chi connectivity index (χ1) is 14.0. The number of carbonyl (C=O) groups excluding carboxylic acids is 4. The predicted molar refractivity (Wildman–Crippen MR) is 103 cm³/mol. The largest absolute Gasteiger partial charge is 0.494 e. The third-order valence-corrected chi connectivity index (χ3v) is 4.28. The number of imide groups is 1. The first kappa shape index (κ1) is 20.1. The lowest BCUT2D eigenvalue weighted by atomic mass is 10.1. The van der Waals surface area contributed by atoms with Gasteiger partial charge in [0, 0.05) is 5.56 Å². The molecule has 3 rings (SSSR count). The van der Waals surface area contributed by atoms with E-state index in [4.69, 9.17) is 9.47 Å². The van der Waals surface area contributed by atoms with Gasteiger partial charge in [-0.15, -0.1) is 0 Å². The number of fused-ring (bicyclic) bond motifs is 1. The van der Waals surface area contributed by atoms with Crippen molar-refractivity contribution < 1.29 is 28.7 Å². The number of benzene rings is 2. The van der Waals surface area contributed by atoms with Crippen LogP contribution in [0.2, 0.25) is 0 Å². The van der Waals surface area contributed by atoms with E-state index in [1.807, 2.05) is 6.92 Å². The normalized spacial score (nSPS) is 12.5. The Morgan fingerprint density at radius 2 is 1.59 bits per heavy atom. The van der Waals surface area contributed by atoms with Crippen LogP contribution in [0.5, 0.6) is 5.75 Å². The van der Waals surface area contributed by atoms with Crippen LogP contribution in [0.1, 0.15) is 38.0 Å². The molecule has 0 saturated carbocycles. The van der Waals surface area contributed by atoms with Crippen LogP contribution in [0, 0.1) is 0 Å². The molecule has 3 amide bonds. The smallest absolute Gasteiger partial charge is 0.325 e. The van der Waals surface area contributed by atoms with Crippen molar-refractivity contribution >= 4 is 23.7 Å². The fourth-order valence-electron chi connectivity index (χ4n) is 2.87. The summed E-state index contributed by atoms with van der Waals surface area (Å²) in [5, 5.41) is 2.46. The Balaban J connectivity index is 1.42. The van der Waals surface area contributed by atoms with E-state index in [1.54, 1.807) is 48.5 Å². The minimum atomic E-state index is -0.666. The lowest BCUT2D eigenvalue weighted by molar-refractivity contribution is -0.142. The molecule has 2 aromatic carbocycles. The molecule has 0 atom stereocenters. The van der Waals surface area contributed by atoms with Crippen LogP contribution >= 0.6 is 0 Å². The summed E-state index contributed by atoms with van der Waals surface area (Å²) in [7, 11) is 0. The Morgan fingerprint density at radius 1 is 0.966 bits per heavy atom. The molecule has 0 saturated heterocycles. The first-order valence-corrected chi connectivity index (χ1v) is 9.13. The van der Waals surface area contributed by atoms with Crippen molar-refractivity contribution in [1.29, 1.82) is 0 Å². The van der Waals surface area contributed by atoms with Crippen molar-refractivity contribution in [3.05, 3.63) is 65.2 Å². The van der Waals surface area contributed by atoms with Crippen molar-refractivity contribution in [3.63, 3.8) is 0 Å². The summed E-state index contributed by atoms with van der Waals surface area (Å²) >= 11 is 0. The summed E-state index contributed by atoms with van der Waals surface area (Å²) in [4.78, 5) is 49.4. The molecule has 0 unspecified atom stereocenters. The molecular formula is C21H20N2O6. The van der Waals surface area contributed by atoms with E-state index in [9.17, 15) is 19.2 Å². The summed E-state index contributed by atoms with van der Waals surface area (Å²) in [6.45, 7) is 1.86. The van der Waals surface area contributed by atoms with Crippen molar-refractivity contribution in [2.75, 3.05) is 26.3 Å². The van der Waals surface area contributed by atoms with Gasteiger partial charge in [-0.1, -0.05) is 12.1 Å². The van der Waals surface area contributed by atoms with Crippen LogP contribution in [-0.2, 0) is 9.53 Å². The number of nitrogens with zero attached hydrogens (tertiary/aromatic N) is 1. The standard InChI is InChI=1S/C21H20N2O6/c1-2-28-15-9-7-14(8-10-15)19(25)22-13-18(24)29-12-11-23-20(26)16-5-3-4-6-17(16)21(23)27/h3-10H,2,11-13H2,1H3,(H,22,25). The van der Waals surface area contributed by atoms with Crippen molar-refractivity contribution in [2.24, 2.45) is 0 Å². The third-order valence-electron chi connectivity index (χ3n) is 4.28. The van der Waals surface area contributed by atoms with Crippen molar-refractivity contribution in [2.45, 2.75) is 6.92 Å². The molecule has 29 heavy (non-hydrogen) atoms. The quantitative estimate of drug-likeness (QED) is 0.538. The average Bonchev–Trinajstić information content (AvgIpc) is 2.98. The van der Waals surface area contributed by atoms with E-state index in [0.717, 1.165) is 4.90 Å². The number of ether oxygens (including phenoxy) is 2. The van der Waals surface area contributed by atoms with Gasteiger partial charge >= 0.3 is 5.97 Å². The monoisotopic (exact) mass is 396 g/mol. The maximum atomic E-state index is 12.2. The molecule has 1 aliphatic rings. The number of amides is 3. The van der Waals surface area contributed by atoms with Gasteiger partial charge in [0.05, 0.1) is 24.3 Å². The molecule has 150 valence electrons. The first-order valence-electron chi connectivity index (χ1n) is 9.13. The molecule has 1 heterocycles. The summed E-state index contributed by atoms with van der Waals surface area (Å²) in [5.74, 6) is -1.27. The Labute approximate surface area is 167 Å². The van der Waals surface area contributed by atoms with E-state index in [1.165, 1.54) is 0 Å². The fourth-order valence-corrected chi connectivity index (χ4v) is 2.87. The number of esters is 1. The highest BCUT2D eigenvalue weighted by atomic mass is 16.5. The van der Waals surface area contributed by atoms with E-state index in [-0.39, 0.29) is 19.7 Å². The van der Waals surface area contributed by atoms with Crippen molar-refractivity contribution in [3.8, 4) is 5.75 Å². The molecule has 0 bridgehead atoms.